The number of hydrogen-bond donors (Lipinski definition) is 4. The topological polar surface area (TPSA) is 117 Å². The average Bonchev–Trinajstić information content (AvgIpc) is 2.58. The van der Waals surface area contributed by atoms with Crippen LogP contribution in [0.15, 0.2) is 0 Å². The van der Waals surface area contributed by atoms with E-state index in [4.69, 9.17) is 29.5 Å². The third-order valence-electron chi connectivity index (χ3n) is 5.63. The molecule has 4 aliphatic carbocycles. The Hall–Kier alpha value is -0.930. The van der Waals surface area contributed by atoms with Crippen molar-refractivity contribution in [3.63, 3.8) is 0 Å². The van der Waals surface area contributed by atoms with Crippen LogP contribution < -0.4 is 5.32 Å². The Morgan fingerprint density at radius 2 is 1.15 bits per heavy atom. The van der Waals surface area contributed by atoms with E-state index in [1.165, 1.54) is 19.3 Å². The van der Waals surface area contributed by atoms with E-state index in [2.05, 4.69) is 5.32 Å². The number of amides is 1. The van der Waals surface area contributed by atoms with Gasteiger partial charge < -0.3 is 34.8 Å². The molecule has 8 nitrogen and oxygen atoms in total. The summed E-state index contributed by atoms with van der Waals surface area (Å²) in [4.78, 5) is 10.8. The Labute approximate surface area is 161 Å². The molecule has 27 heavy (non-hydrogen) atoms. The van der Waals surface area contributed by atoms with Crippen molar-refractivity contribution in [1.82, 2.24) is 5.32 Å². The van der Waals surface area contributed by atoms with Crippen LogP contribution in [0.3, 0.4) is 0 Å². The molecule has 8 heteroatoms. The minimum Gasteiger partial charge on any atom is -0.465 e. The highest BCUT2D eigenvalue weighted by atomic mass is 16.5. The van der Waals surface area contributed by atoms with E-state index in [1.807, 2.05) is 0 Å². The molecule has 4 rings (SSSR count). The molecule has 0 aromatic heterocycles. The molecule has 4 bridgehead atoms. The number of hydrogen-bond acceptors (Lipinski definition) is 6. The summed E-state index contributed by atoms with van der Waals surface area (Å²) >= 11 is 0. The zero-order valence-electron chi connectivity index (χ0n) is 16.1. The first-order valence-electron chi connectivity index (χ1n) is 10.0. The predicted octanol–water partition coefficient (Wildman–Crippen LogP) is 1.24. The third-order valence-corrected chi connectivity index (χ3v) is 5.63. The van der Waals surface area contributed by atoms with Gasteiger partial charge in [-0.3, -0.25) is 0 Å². The zero-order chi connectivity index (χ0) is 19.5. The van der Waals surface area contributed by atoms with Crippen molar-refractivity contribution in [3.8, 4) is 0 Å². The van der Waals surface area contributed by atoms with E-state index in [0.29, 0.717) is 39.6 Å². The maximum atomic E-state index is 10.8. The molecular formula is C19H35NO7. The lowest BCUT2D eigenvalue weighted by Gasteiger charge is -2.56. The zero-order valence-corrected chi connectivity index (χ0v) is 16.1. The van der Waals surface area contributed by atoms with E-state index in [9.17, 15) is 4.79 Å². The molecule has 0 spiro atoms. The summed E-state index contributed by atoms with van der Waals surface area (Å²) in [6.07, 6.45) is 6.57. The maximum absolute atomic E-state index is 10.8. The number of nitrogens with one attached hydrogen (secondary N) is 1. The SMILES string of the molecule is O=C(O)NC12CC3CC(CC(C3)C1)C2.OCCOCCOCCOCCO. The molecular weight excluding hydrogens is 354 g/mol. The van der Waals surface area contributed by atoms with Gasteiger partial charge >= 0.3 is 6.09 Å². The molecule has 1 amide bonds. The third kappa shape index (κ3) is 7.91. The average molecular weight is 389 g/mol. The molecule has 0 unspecified atom stereocenters. The van der Waals surface area contributed by atoms with Crippen molar-refractivity contribution in [3.05, 3.63) is 0 Å². The fraction of sp³-hybridized carbons (Fsp3) is 0.947. The number of rotatable bonds is 11. The van der Waals surface area contributed by atoms with Gasteiger partial charge in [0.2, 0.25) is 0 Å². The second-order valence-electron chi connectivity index (χ2n) is 7.91. The molecule has 0 aliphatic heterocycles. The fourth-order valence-electron chi connectivity index (χ4n) is 5.16. The van der Waals surface area contributed by atoms with Crippen LogP contribution in [0.4, 0.5) is 4.79 Å². The van der Waals surface area contributed by atoms with Gasteiger partial charge in [0.15, 0.2) is 0 Å². The van der Waals surface area contributed by atoms with Crippen LogP contribution >= 0.6 is 0 Å². The smallest absolute Gasteiger partial charge is 0.405 e. The molecule has 158 valence electrons. The van der Waals surface area contributed by atoms with Crippen molar-refractivity contribution < 1.29 is 34.3 Å². The Kier molecular flexibility index (Phi) is 9.78. The van der Waals surface area contributed by atoms with Crippen molar-refractivity contribution in [2.45, 2.75) is 44.1 Å². The van der Waals surface area contributed by atoms with Gasteiger partial charge in [-0.25, -0.2) is 4.79 Å². The molecule has 0 aromatic carbocycles. The largest absolute Gasteiger partial charge is 0.465 e. The standard InChI is InChI=1S/C11H17NO2.C8H18O5/c13-10(14)12-11-4-7-1-8(5-11)3-9(2-7)6-11;9-1-3-11-5-7-13-8-6-12-4-2-10/h7-9,12H,1-6H2,(H,13,14);9-10H,1-8H2. The van der Waals surface area contributed by atoms with E-state index in [-0.39, 0.29) is 18.8 Å². The van der Waals surface area contributed by atoms with Crippen LogP contribution in [-0.2, 0) is 14.2 Å². The van der Waals surface area contributed by atoms with Crippen molar-refractivity contribution in [1.29, 1.82) is 0 Å². The minimum absolute atomic E-state index is 0.0272. The Morgan fingerprint density at radius 3 is 1.48 bits per heavy atom. The van der Waals surface area contributed by atoms with E-state index in [0.717, 1.165) is 37.0 Å². The highest BCUT2D eigenvalue weighted by molar-refractivity contribution is 5.65. The summed E-state index contributed by atoms with van der Waals surface area (Å²) in [6.45, 7) is 2.76. The summed E-state index contributed by atoms with van der Waals surface area (Å²) in [5.74, 6) is 2.44. The fourth-order valence-corrected chi connectivity index (χ4v) is 5.16. The van der Waals surface area contributed by atoms with Gasteiger partial charge in [0.05, 0.1) is 52.9 Å². The Bertz CT molecular complexity index is 387. The van der Waals surface area contributed by atoms with Gasteiger partial charge in [0, 0.05) is 5.54 Å². The minimum atomic E-state index is -0.827. The first-order chi connectivity index (χ1) is 13.1. The van der Waals surface area contributed by atoms with Gasteiger partial charge in [-0.1, -0.05) is 0 Å². The summed E-state index contributed by atoms with van der Waals surface area (Å²) in [5.41, 5.74) is -0.0272. The van der Waals surface area contributed by atoms with Gasteiger partial charge in [-0.05, 0) is 56.3 Å². The number of ether oxygens (including phenoxy) is 3. The van der Waals surface area contributed by atoms with Crippen LogP contribution in [0.2, 0.25) is 0 Å². The molecule has 0 atom stereocenters. The molecule has 4 saturated carbocycles. The lowest BCUT2D eigenvalue weighted by molar-refractivity contribution is -0.0167. The van der Waals surface area contributed by atoms with Crippen molar-refractivity contribution in [2.75, 3.05) is 52.9 Å². The molecule has 4 aliphatic rings. The number of carboxylic acid groups (broad SMARTS) is 1. The first kappa shape index (κ1) is 22.4. The number of carbonyl (C=O) groups is 1. The molecule has 0 radical (unpaired) electrons. The van der Waals surface area contributed by atoms with E-state index in [1.54, 1.807) is 0 Å². The Balaban J connectivity index is 0.000000195. The number of aliphatic hydroxyl groups is 2. The van der Waals surface area contributed by atoms with Crippen LogP contribution in [0.25, 0.3) is 0 Å². The quantitative estimate of drug-likeness (QED) is 0.393. The molecule has 0 aromatic rings. The molecule has 4 fully saturated rings. The lowest BCUT2D eigenvalue weighted by Crippen LogP contribution is -2.59. The summed E-state index contributed by atoms with van der Waals surface area (Å²) in [7, 11) is 0. The second-order valence-corrected chi connectivity index (χ2v) is 7.91. The van der Waals surface area contributed by atoms with Gasteiger partial charge in [0.25, 0.3) is 0 Å². The highest BCUT2D eigenvalue weighted by Crippen LogP contribution is 2.55. The second kappa shape index (κ2) is 11.8. The van der Waals surface area contributed by atoms with Crippen LogP contribution in [-0.4, -0.2) is 79.8 Å². The summed E-state index contributed by atoms with van der Waals surface area (Å²) in [5, 5.41) is 28.4. The van der Waals surface area contributed by atoms with Crippen molar-refractivity contribution in [2.24, 2.45) is 17.8 Å². The van der Waals surface area contributed by atoms with Crippen LogP contribution in [0, 0.1) is 17.8 Å². The summed E-state index contributed by atoms with van der Waals surface area (Å²) in [6, 6.07) is 0. The normalized spacial score (nSPS) is 30.7. The van der Waals surface area contributed by atoms with Crippen LogP contribution in [0.1, 0.15) is 38.5 Å². The number of aliphatic hydroxyl groups excluding tert-OH is 2. The lowest BCUT2D eigenvalue weighted by atomic mass is 9.53. The molecule has 4 N–H and O–H groups in total. The van der Waals surface area contributed by atoms with E-state index < -0.39 is 6.09 Å². The van der Waals surface area contributed by atoms with Crippen molar-refractivity contribution >= 4 is 6.09 Å². The van der Waals surface area contributed by atoms with Gasteiger partial charge in [-0.15, -0.1) is 0 Å². The summed E-state index contributed by atoms with van der Waals surface area (Å²) < 4.78 is 15.0. The first-order valence-corrected chi connectivity index (χ1v) is 10.0. The molecule has 0 saturated heterocycles. The van der Waals surface area contributed by atoms with Gasteiger partial charge in [0.1, 0.15) is 0 Å². The van der Waals surface area contributed by atoms with E-state index >= 15 is 0 Å². The van der Waals surface area contributed by atoms with Gasteiger partial charge in [-0.2, -0.15) is 0 Å². The molecule has 0 heterocycles. The Morgan fingerprint density at radius 1 is 0.778 bits per heavy atom. The highest BCUT2D eigenvalue weighted by Gasteiger charge is 2.51. The maximum Gasteiger partial charge on any atom is 0.405 e. The monoisotopic (exact) mass is 389 g/mol. The predicted molar refractivity (Wildman–Crippen MR) is 98.7 cm³/mol. The van der Waals surface area contributed by atoms with Crippen LogP contribution in [0.5, 0.6) is 0 Å².